The molecule has 2 rings (SSSR count). The molecular weight excluding hydrogens is 254 g/mol. The first kappa shape index (κ1) is 13.9. The molecule has 1 unspecified atom stereocenters. The zero-order valence-electron chi connectivity index (χ0n) is 10.3. The summed E-state index contributed by atoms with van der Waals surface area (Å²) >= 11 is 0. The molecule has 0 saturated carbocycles. The van der Waals surface area contributed by atoms with Gasteiger partial charge in [0.05, 0.1) is 6.04 Å². The fourth-order valence-corrected chi connectivity index (χ4v) is 1.86. The Morgan fingerprint density at radius 3 is 2.79 bits per heavy atom. The van der Waals surface area contributed by atoms with Gasteiger partial charge in [-0.25, -0.2) is 14.2 Å². The molecule has 0 aliphatic heterocycles. The largest absolute Gasteiger partial charge is 0.459 e. The number of nitrogens with one attached hydrogen (secondary N) is 1. The molecule has 0 amide bonds. The molecule has 1 aromatic heterocycles. The minimum absolute atomic E-state index is 0.191. The van der Waals surface area contributed by atoms with E-state index in [-0.39, 0.29) is 12.6 Å². The van der Waals surface area contributed by atoms with Crippen molar-refractivity contribution in [2.75, 3.05) is 13.2 Å². The van der Waals surface area contributed by atoms with Gasteiger partial charge >= 0.3 is 0 Å². The monoisotopic (exact) mass is 270 g/mol. The van der Waals surface area contributed by atoms with Crippen molar-refractivity contribution in [2.24, 2.45) is 5.84 Å². The number of alkyl halides is 2. The van der Waals surface area contributed by atoms with E-state index >= 15 is 0 Å². The van der Waals surface area contributed by atoms with Crippen molar-refractivity contribution in [3.05, 3.63) is 36.1 Å². The molecule has 1 heterocycles. The molecule has 0 saturated heterocycles. The second kappa shape index (κ2) is 6.60. The van der Waals surface area contributed by atoms with Crippen molar-refractivity contribution in [3.63, 3.8) is 0 Å². The summed E-state index contributed by atoms with van der Waals surface area (Å²) < 4.78 is 34.3. The summed E-state index contributed by atoms with van der Waals surface area (Å²) in [5, 5.41) is 0.978. The highest BCUT2D eigenvalue weighted by Gasteiger charge is 2.15. The maximum absolute atomic E-state index is 11.9. The number of nitrogens with two attached hydrogens (primary N) is 1. The lowest BCUT2D eigenvalue weighted by Gasteiger charge is -2.13. The number of halogens is 2. The van der Waals surface area contributed by atoms with Crippen LogP contribution in [-0.4, -0.2) is 19.6 Å². The van der Waals surface area contributed by atoms with E-state index in [0.29, 0.717) is 12.2 Å². The van der Waals surface area contributed by atoms with Gasteiger partial charge in [-0.1, -0.05) is 18.2 Å². The zero-order chi connectivity index (χ0) is 13.7. The van der Waals surface area contributed by atoms with Crippen LogP contribution >= 0.6 is 0 Å². The number of hydrogen-bond acceptors (Lipinski definition) is 4. The Labute approximate surface area is 109 Å². The molecule has 104 valence electrons. The van der Waals surface area contributed by atoms with E-state index in [4.69, 9.17) is 15.0 Å². The van der Waals surface area contributed by atoms with Crippen molar-refractivity contribution < 1.29 is 17.9 Å². The number of furan rings is 1. The predicted molar refractivity (Wildman–Crippen MR) is 67.7 cm³/mol. The maximum atomic E-state index is 11.9. The number of fused-ring (bicyclic) bond motifs is 1. The van der Waals surface area contributed by atoms with Crippen molar-refractivity contribution in [1.29, 1.82) is 0 Å². The Bertz CT molecular complexity index is 483. The van der Waals surface area contributed by atoms with Crippen molar-refractivity contribution in [3.8, 4) is 0 Å². The summed E-state index contributed by atoms with van der Waals surface area (Å²) in [7, 11) is 0. The van der Waals surface area contributed by atoms with Gasteiger partial charge in [0.15, 0.2) is 0 Å². The summed E-state index contributed by atoms with van der Waals surface area (Å²) in [4.78, 5) is 0. The Balaban J connectivity index is 1.96. The Hall–Kier alpha value is -1.50. The highest BCUT2D eigenvalue weighted by atomic mass is 19.3. The van der Waals surface area contributed by atoms with Crippen molar-refractivity contribution in [2.45, 2.75) is 18.9 Å². The van der Waals surface area contributed by atoms with Gasteiger partial charge in [-0.05, 0) is 18.6 Å². The molecule has 1 aromatic carbocycles. The number of hydrogen-bond donors (Lipinski definition) is 2. The minimum atomic E-state index is -2.45. The van der Waals surface area contributed by atoms with E-state index in [1.807, 2.05) is 30.3 Å². The van der Waals surface area contributed by atoms with Gasteiger partial charge in [-0.2, -0.15) is 0 Å². The molecule has 0 fully saturated rings. The third kappa shape index (κ3) is 3.73. The number of benzene rings is 1. The van der Waals surface area contributed by atoms with Crippen molar-refractivity contribution in [1.82, 2.24) is 5.43 Å². The molecule has 1 atom stereocenters. The molecule has 0 spiro atoms. The third-order valence-corrected chi connectivity index (χ3v) is 2.78. The first-order chi connectivity index (χ1) is 9.20. The SMILES string of the molecule is NNC(CCOCC(F)F)c1cc2ccccc2o1. The van der Waals surface area contributed by atoms with E-state index in [1.165, 1.54) is 0 Å². The van der Waals surface area contributed by atoms with Crippen LogP contribution in [0, 0.1) is 0 Å². The van der Waals surface area contributed by atoms with Crippen LogP contribution in [0.4, 0.5) is 8.78 Å². The lowest BCUT2D eigenvalue weighted by Crippen LogP contribution is -2.28. The van der Waals surface area contributed by atoms with E-state index in [1.54, 1.807) is 0 Å². The average molecular weight is 270 g/mol. The van der Waals surface area contributed by atoms with E-state index < -0.39 is 13.0 Å². The summed E-state index contributed by atoms with van der Waals surface area (Å²) in [6.45, 7) is -0.367. The first-order valence-electron chi connectivity index (χ1n) is 6.01. The van der Waals surface area contributed by atoms with Gasteiger partial charge in [0.2, 0.25) is 0 Å². The van der Waals surface area contributed by atoms with Crippen LogP contribution in [0.3, 0.4) is 0 Å². The minimum Gasteiger partial charge on any atom is -0.459 e. The number of ether oxygens (including phenoxy) is 1. The van der Waals surface area contributed by atoms with E-state index in [2.05, 4.69) is 5.43 Å². The lowest BCUT2D eigenvalue weighted by atomic mass is 10.1. The van der Waals surface area contributed by atoms with Gasteiger partial charge in [0.25, 0.3) is 6.43 Å². The van der Waals surface area contributed by atoms with Crippen LogP contribution in [0.5, 0.6) is 0 Å². The van der Waals surface area contributed by atoms with Crippen LogP contribution in [-0.2, 0) is 4.74 Å². The number of rotatable bonds is 7. The topological polar surface area (TPSA) is 60.4 Å². The third-order valence-electron chi connectivity index (χ3n) is 2.78. The maximum Gasteiger partial charge on any atom is 0.261 e. The highest BCUT2D eigenvalue weighted by molar-refractivity contribution is 5.77. The normalized spacial score (nSPS) is 13.3. The lowest BCUT2D eigenvalue weighted by molar-refractivity contribution is 0.0139. The van der Waals surface area contributed by atoms with Gasteiger partial charge in [-0.15, -0.1) is 0 Å². The predicted octanol–water partition coefficient (Wildman–Crippen LogP) is 2.61. The summed E-state index contributed by atoms with van der Waals surface area (Å²) in [5.41, 5.74) is 3.38. The summed E-state index contributed by atoms with van der Waals surface area (Å²) in [5.74, 6) is 6.13. The van der Waals surface area contributed by atoms with Crippen molar-refractivity contribution >= 4 is 11.0 Å². The molecule has 0 bridgehead atoms. The van der Waals surface area contributed by atoms with Gasteiger partial charge in [0.1, 0.15) is 18.0 Å². The molecule has 0 radical (unpaired) electrons. The fraction of sp³-hybridized carbons (Fsp3) is 0.385. The van der Waals surface area contributed by atoms with Gasteiger partial charge in [0, 0.05) is 12.0 Å². The molecule has 0 aliphatic carbocycles. The van der Waals surface area contributed by atoms with E-state index in [0.717, 1.165) is 11.0 Å². The van der Waals surface area contributed by atoms with Gasteiger partial charge < -0.3 is 9.15 Å². The second-order valence-electron chi connectivity index (χ2n) is 4.16. The molecule has 0 aliphatic rings. The number of hydrazine groups is 1. The van der Waals surface area contributed by atoms with E-state index in [9.17, 15) is 8.78 Å². The average Bonchev–Trinajstić information content (AvgIpc) is 2.82. The Morgan fingerprint density at radius 2 is 2.11 bits per heavy atom. The van der Waals surface area contributed by atoms with Gasteiger partial charge in [-0.3, -0.25) is 5.84 Å². The van der Waals surface area contributed by atoms with Crippen LogP contribution in [0.25, 0.3) is 11.0 Å². The number of para-hydroxylation sites is 1. The standard InChI is InChI=1S/C13H16F2N2O2/c14-13(15)8-18-6-5-10(17-16)12-7-9-3-1-2-4-11(9)19-12/h1-4,7,10,13,17H,5-6,8,16H2. The quantitative estimate of drug-likeness (QED) is 0.461. The molecular formula is C13H16F2N2O2. The zero-order valence-corrected chi connectivity index (χ0v) is 10.3. The summed E-state index contributed by atoms with van der Waals surface area (Å²) in [6, 6.07) is 9.21. The summed E-state index contributed by atoms with van der Waals surface area (Å²) in [6.07, 6.45) is -1.99. The molecule has 3 N–H and O–H groups in total. The smallest absolute Gasteiger partial charge is 0.261 e. The molecule has 19 heavy (non-hydrogen) atoms. The first-order valence-corrected chi connectivity index (χ1v) is 6.01. The molecule has 6 heteroatoms. The fourth-order valence-electron chi connectivity index (χ4n) is 1.86. The van der Waals surface area contributed by atoms with Crippen LogP contribution in [0.1, 0.15) is 18.2 Å². The molecule has 4 nitrogen and oxygen atoms in total. The Morgan fingerprint density at radius 1 is 1.32 bits per heavy atom. The van der Waals surface area contributed by atoms with Crippen LogP contribution in [0.15, 0.2) is 34.7 Å². The van der Waals surface area contributed by atoms with Crippen LogP contribution in [0.2, 0.25) is 0 Å². The van der Waals surface area contributed by atoms with Crippen LogP contribution < -0.4 is 11.3 Å². The second-order valence-corrected chi connectivity index (χ2v) is 4.16. The molecule has 2 aromatic rings. The Kier molecular flexibility index (Phi) is 4.84. The highest BCUT2D eigenvalue weighted by Crippen LogP contribution is 2.25.